The second-order valence-corrected chi connectivity index (χ2v) is 7.59. The quantitative estimate of drug-likeness (QED) is 0.808. The summed E-state index contributed by atoms with van der Waals surface area (Å²) in [6.45, 7) is 3.86. The molecule has 1 saturated carbocycles. The van der Waals surface area contributed by atoms with E-state index in [1.807, 2.05) is 38.1 Å². The molecule has 1 aliphatic rings. The van der Waals surface area contributed by atoms with Crippen LogP contribution in [-0.2, 0) is 16.0 Å². The van der Waals surface area contributed by atoms with Crippen molar-refractivity contribution in [2.24, 2.45) is 5.92 Å². The number of aromatic nitrogens is 1. The van der Waals surface area contributed by atoms with Crippen LogP contribution in [0.25, 0.3) is 11.3 Å². The van der Waals surface area contributed by atoms with Gasteiger partial charge in [-0.1, -0.05) is 42.7 Å². The van der Waals surface area contributed by atoms with Crippen molar-refractivity contribution in [2.75, 3.05) is 0 Å². The van der Waals surface area contributed by atoms with Gasteiger partial charge in [0.25, 0.3) is 0 Å². The Labute approximate surface area is 159 Å². The molecule has 2 atom stereocenters. The van der Waals surface area contributed by atoms with Crippen molar-refractivity contribution in [2.45, 2.75) is 57.9 Å². The summed E-state index contributed by atoms with van der Waals surface area (Å²) in [4.78, 5) is 28.2. The average Bonchev–Trinajstić information content (AvgIpc) is 3.09. The van der Waals surface area contributed by atoms with Crippen LogP contribution in [0.1, 0.15) is 50.5 Å². The lowest BCUT2D eigenvalue weighted by Gasteiger charge is -2.39. The highest BCUT2D eigenvalue weighted by molar-refractivity contribution is 5.79. The molecule has 1 aromatic heterocycles. The zero-order valence-corrected chi connectivity index (χ0v) is 15.8. The molecule has 2 unspecified atom stereocenters. The maximum absolute atomic E-state index is 12.4. The van der Waals surface area contributed by atoms with Crippen LogP contribution in [-0.4, -0.2) is 27.5 Å². The van der Waals surface area contributed by atoms with Crippen molar-refractivity contribution < 1.29 is 19.1 Å². The molecular formula is C21H26N2O4. The highest BCUT2D eigenvalue weighted by Gasteiger charge is 2.42. The number of benzene rings is 1. The van der Waals surface area contributed by atoms with Crippen LogP contribution in [0.15, 0.2) is 34.9 Å². The molecule has 3 rings (SSSR count). The smallest absolute Gasteiger partial charge is 0.308 e. The van der Waals surface area contributed by atoms with E-state index in [1.165, 1.54) is 5.56 Å². The first kappa shape index (κ1) is 19.1. The maximum Gasteiger partial charge on any atom is 0.308 e. The molecule has 0 bridgehead atoms. The van der Waals surface area contributed by atoms with Gasteiger partial charge in [-0.05, 0) is 26.7 Å². The lowest BCUT2D eigenvalue weighted by Crippen LogP contribution is -2.55. The van der Waals surface area contributed by atoms with E-state index in [0.29, 0.717) is 30.9 Å². The van der Waals surface area contributed by atoms with Gasteiger partial charge in [0.15, 0.2) is 11.7 Å². The van der Waals surface area contributed by atoms with Crippen molar-refractivity contribution in [3.63, 3.8) is 0 Å². The molecule has 1 amide bonds. The van der Waals surface area contributed by atoms with Gasteiger partial charge in [-0.2, -0.15) is 0 Å². The summed E-state index contributed by atoms with van der Waals surface area (Å²) in [5.41, 5.74) is 1.43. The van der Waals surface area contributed by atoms with Gasteiger partial charge < -0.3 is 14.8 Å². The van der Waals surface area contributed by atoms with E-state index in [9.17, 15) is 14.7 Å². The van der Waals surface area contributed by atoms with Gasteiger partial charge in [0.05, 0.1) is 17.7 Å². The van der Waals surface area contributed by atoms with E-state index in [2.05, 4.69) is 10.3 Å². The van der Waals surface area contributed by atoms with E-state index in [1.54, 1.807) is 6.20 Å². The number of aliphatic carboxylic acids is 1. The lowest BCUT2D eigenvalue weighted by molar-refractivity contribution is -0.146. The third-order valence-electron chi connectivity index (χ3n) is 5.39. The summed E-state index contributed by atoms with van der Waals surface area (Å²) in [5, 5.41) is 12.4. The largest absolute Gasteiger partial charge is 0.481 e. The van der Waals surface area contributed by atoms with Gasteiger partial charge in [-0.25, -0.2) is 4.98 Å². The van der Waals surface area contributed by atoms with Gasteiger partial charge in [-0.3, -0.25) is 9.59 Å². The number of carbonyl (C=O) groups is 2. The first-order valence-corrected chi connectivity index (χ1v) is 9.43. The highest BCUT2D eigenvalue weighted by Crippen LogP contribution is 2.34. The number of carbonyl (C=O) groups excluding carboxylic acids is 1. The number of rotatable bonds is 6. The molecule has 6 nitrogen and oxygen atoms in total. The fourth-order valence-corrected chi connectivity index (χ4v) is 3.76. The van der Waals surface area contributed by atoms with Gasteiger partial charge in [0.2, 0.25) is 5.91 Å². The second-order valence-electron chi connectivity index (χ2n) is 7.59. The minimum Gasteiger partial charge on any atom is -0.481 e. The van der Waals surface area contributed by atoms with Crippen LogP contribution in [0.5, 0.6) is 0 Å². The van der Waals surface area contributed by atoms with Crippen LogP contribution in [0, 0.1) is 12.8 Å². The monoisotopic (exact) mass is 370 g/mol. The predicted molar refractivity (Wildman–Crippen MR) is 101 cm³/mol. The Kier molecular flexibility index (Phi) is 5.63. The topological polar surface area (TPSA) is 92.4 Å². The summed E-state index contributed by atoms with van der Waals surface area (Å²) >= 11 is 0. The standard InChI is InChI=1S/C21H26N2O4/c1-14-6-8-15(9-7-14)17-13-22-19(27-17)11-10-18(24)23-21(2)12-4-3-5-16(21)20(25)26/h6-9,13,16H,3-5,10-12H2,1-2H3,(H,23,24)(H,25,26). The third-order valence-corrected chi connectivity index (χ3v) is 5.39. The van der Waals surface area contributed by atoms with E-state index in [-0.39, 0.29) is 12.3 Å². The average molecular weight is 370 g/mol. The van der Waals surface area contributed by atoms with Crippen molar-refractivity contribution >= 4 is 11.9 Å². The molecule has 6 heteroatoms. The Morgan fingerprint density at radius 3 is 2.74 bits per heavy atom. The Morgan fingerprint density at radius 1 is 1.30 bits per heavy atom. The Hall–Kier alpha value is -2.63. The molecule has 1 fully saturated rings. The Bertz CT molecular complexity index is 812. The minimum absolute atomic E-state index is 0.166. The van der Waals surface area contributed by atoms with E-state index < -0.39 is 17.4 Å². The number of amides is 1. The van der Waals surface area contributed by atoms with Crippen LogP contribution < -0.4 is 5.32 Å². The number of nitrogens with one attached hydrogen (secondary N) is 1. The van der Waals surface area contributed by atoms with Crippen molar-refractivity contribution in [3.05, 3.63) is 41.9 Å². The Balaban J connectivity index is 1.58. The van der Waals surface area contributed by atoms with Crippen molar-refractivity contribution in [1.82, 2.24) is 10.3 Å². The van der Waals surface area contributed by atoms with E-state index in [4.69, 9.17) is 4.42 Å². The molecule has 27 heavy (non-hydrogen) atoms. The number of aryl methyl sites for hydroxylation is 2. The molecule has 0 saturated heterocycles. The number of oxazole rings is 1. The summed E-state index contributed by atoms with van der Waals surface area (Å²) in [6.07, 6.45) is 5.38. The summed E-state index contributed by atoms with van der Waals surface area (Å²) < 4.78 is 5.75. The Morgan fingerprint density at radius 2 is 2.04 bits per heavy atom. The molecule has 2 N–H and O–H groups in total. The summed E-state index contributed by atoms with van der Waals surface area (Å²) in [7, 11) is 0. The first-order chi connectivity index (χ1) is 12.9. The number of nitrogens with zero attached hydrogens (tertiary/aromatic N) is 1. The highest BCUT2D eigenvalue weighted by atomic mass is 16.4. The first-order valence-electron chi connectivity index (χ1n) is 9.43. The number of hydrogen-bond acceptors (Lipinski definition) is 4. The molecule has 0 aliphatic heterocycles. The van der Waals surface area contributed by atoms with Crippen molar-refractivity contribution in [3.8, 4) is 11.3 Å². The summed E-state index contributed by atoms with van der Waals surface area (Å²) in [5.74, 6) is -0.362. The van der Waals surface area contributed by atoms with Crippen LogP contribution >= 0.6 is 0 Å². The van der Waals surface area contributed by atoms with E-state index >= 15 is 0 Å². The zero-order chi connectivity index (χ0) is 19.4. The van der Waals surface area contributed by atoms with Gasteiger partial charge in [0, 0.05) is 18.4 Å². The predicted octanol–water partition coefficient (Wildman–Crippen LogP) is 3.73. The van der Waals surface area contributed by atoms with Crippen LogP contribution in [0.4, 0.5) is 0 Å². The van der Waals surface area contributed by atoms with Gasteiger partial charge in [0.1, 0.15) is 0 Å². The lowest BCUT2D eigenvalue weighted by atomic mass is 9.74. The molecule has 1 aliphatic carbocycles. The van der Waals surface area contributed by atoms with Crippen LogP contribution in [0.2, 0.25) is 0 Å². The maximum atomic E-state index is 12.4. The molecule has 2 aromatic rings. The molecule has 1 aromatic carbocycles. The second kappa shape index (κ2) is 7.94. The number of carboxylic acid groups (broad SMARTS) is 1. The van der Waals surface area contributed by atoms with Gasteiger partial charge in [-0.15, -0.1) is 0 Å². The normalized spacial score (nSPS) is 22.4. The molecule has 0 spiro atoms. The summed E-state index contributed by atoms with van der Waals surface area (Å²) in [6, 6.07) is 7.97. The fraction of sp³-hybridized carbons (Fsp3) is 0.476. The molecular weight excluding hydrogens is 344 g/mol. The molecule has 144 valence electrons. The number of carboxylic acids is 1. The molecule has 1 heterocycles. The molecule has 0 radical (unpaired) electrons. The van der Waals surface area contributed by atoms with E-state index in [0.717, 1.165) is 18.4 Å². The number of hydrogen-bond donors (Lipinski definition) is 2. The van der Waals surface area contributed by atoms with Crippen molar-refractivity contribution in [1.29, 1.82) is 0 Å². The van der Waals surface area contributed by atoms with Crippen LogP contribution in [0.3, 0.4) is 0 Å². The SMILES string of the molecule is Cc1ccc(-c2cnc(CCC(=O)NC3(C)CCCCC3C(=O)O)o2)cc1. The zero-order valence-electron chi connectivity index (χ0n) is 15.8. The third kappa shape index (κ3) is 4.56. The minimum atomic E-state index is -0.840. The van der Waals surface area contributed by atoms with Gasteiger partial charge >= 0.3 is 5.97 Å². The fourth-order valence-electron chi connectivity index (χ4n) is 3.76.